The molecule has 0 saturated heterocycles. The lowest BCUT2D eigenvalue weighted by atomic mass is 9.56. The maximum atomic E-state index is 11.6. The molecule has 0 radical (unpaired) electrons. The van der Waals surface area contributed by atoms with Crippen molar-refractivity contribution in [1.82, 2.24) is 0 Å². The molecule has 2 aliphatic rings. The minimum absolute atomic E-state index is 0.220. The minimum atomic E-state index is -0.590. The molecule has 2 saturated carbocycles. The number of Topliss-reactive ketones (excluding diaryl/α,β-unsaturated/α-hetero) is 1. The first-order chi connectivity index (χ1) is 7.45. The molecule has 2 aliphatic carbocycles. The van der Waals surface area contributed by atoms with Crippen molar-refractivity contribution in [3.63, 3.8) is 0 Å². The fraction of sp³-hybridized carbons (Fsp3) is 0.929. The van der Waals surface area contributed by atoms with Gasteiger partial charge in [0.15, 0.2) is 0 Å². The van der Waals surface area contributed by atoms with Crippen LogP contribution in [-0.2, 0) is 4.79 Å². The molecule has 2 nitrogen and oxygen atoms in total. The van der Waals surface area contributed by atoms with Crippen LogP contribution in [0.3, 0.4) is 0 Å². The van der Waals surface area contributed by atoms with Gasteiger partial charge in [-0.2, -0.15) is 0 Å². The van der Waals surface area contributed by atoms with Crippen LogP contribution in [0.25, 0.3) is 0 Å². The largest absolute Gasteiger partial charge is 0.389 e. The van der Waals surface area contributed by atoms with Crippen molar-refractivity contribution in [2.45, 2.75) is 58.5 Å². The average Bonchev–Trinajstić information content (AvgIpc) is 2.23. The van der Waals surface area contributed by atoms with E-state index in [9.17, 15) is 9.90 Å². The molecule has 2 rings (SSSR count). The first kappa shape index (κ1) is 12.1. The quantitative estimate of drug-likeness (QED) is 0.743. The van der Waals surface area contributed by atoms with Crippen molar-refractivity contribution in [3.05, 3.63) is 0 Å². The molecular formula is C14H24O2. The highest BCUT2D eigenvalue weighted by atomic mass is 16.3. The highest BCUT2D eigenvalue weighted by Gasteiger charge is 2.50. The zero-order valence-corrected chi connectivity index (χ0v) is 10.7. The van der Waals surface area contributed by atoms with Gasteiger partial charge in [0.05, 0.1) is 5.60 Å². The van der Waals surface area contributed by atoms with E-state index in [4.69, 9.17) is 0 Å². The fourth-order valence-corrected chi connectivity index (χ4v) is 3.83. The van der Waals surface area contributed by atoms with Crippen molar-refractivity contribution < 1.29 is 9.90 Å². The number of fused-ring (bicyclic) bond motifs is 1. The maximum Gasteiger partial charge on any atom is 0.133 e. The highest BCUT2D eigenvalue weighted by Crippen LogP contribution is 2.50. The fourth-order valence-electron chi connectivity index (χ4n) is 3.83. The van der Waals surface area contributed by atoms with Gasteiger partial charge in [0.2, 0.25) is 0 Å². The third kappa shape index (κ3) is 1.81. The van der Waals surface area contributed by atoms with Gasteiger partial charge in [-0.25, -0.2) is 0 Å². The zero-order valence-electron chi connectivity index (χ0n) is 10.7. The Hall–Kier alpha value is -0.370. The zero-order chi connectivity index (χ0) is 11.9. The Kier molecular flexibility index (Phi) is 3.13. The third-order valence-electron chi connectivity index (χ3n) is 5.09. The summed E-state index contributed by atoms with van der Waals surface area (Å²) in [5, 5.41) is 10.8. The van der Waals surface area contributed by atoms with Gasteiger partial charge in [0, 0.05) is 12.8 Å². The maximum absolute atomic E-state index is 11.6. The second-order valence-corrected chi connectivity index (χ2v) is 6.21. The van der Waals surface area contributed by atoms with Gasteiger partial charge in [0.1, 0.15) is 5.78 Å². The van der Waals surface area contributed by atoms with Crippen LogP contribution in [0.15, 0.2) is 0 Å². The molecule has 0 amide bonds. The summed E-state index contributed by atoms with van der Waals surface area (Å²) >= 11 is 0. The Morgan fingerprint density at radius 1 is 1.38 bits per heavy atom. The van der Waals surface area contributed by atoms with Crippen molar-refractivity contribution in [2.75, 3.05) is 0 Å². The molecule has 92 valence electrons. The number of carbonyl (C=O) groups is 1. The number of hydrogen-bond acceptors (Lipinski definition) is 2. The summed E-state index contributed by atoms with van der Waals surface area (Å²) in [6.45, 7) is 6.46. The van der Waals surface area contributed by atoms with E-state index in [1.54, 1.807) is 0 Å². The lowest BCUT2D eigenvalue weighted by molar-refractivity contribution is -0.149. The van der Waals surface area contributed by atoms with Crippen LogP contribution in [0.5, 0.6) is 0 Å². The smallest absolute Gasteiger partial charge is 0.133 e. The molecule has 0 aromatic carbocycles. The van der Waals surface area contributed by atoms with E-state index >= 15 is 0 Å². The summed E-state index contributed by atoms with van der Waals surface area (Å²) in [6.07, 6.45) is 4.34. The molecule has 2 heteroatoms. The van der Waals surface area contributed by atoms with Crippen LogP contribution in [0.4, 0.5) is 0 Å². The molecule has 0 aromatic rings. The Bertz CT molecular complexity index is 284. The predicted octanol–water partition coefficient (Wildman–Crippen LogP) is 2.79. The molecule has 0 aliphatic heterocycles. The molecule has 0 spiro atoms. The molecule has 0 bridgehead atoms. The van der Waals surface area contributed by atoms with Gasteiger partial charge in [-0.15, -0.1) is 0 Å². The van der Waals surface area contributed by atoms with Crippen LogP contribution in [0.1, 0.15) is 52.9 Å². The van der Waals surface area contributed by atoms with E-state index in [1.807, 2.05) is 0 Å². The second-order valence-electron chi connectivity index (χ2n) is 6.21. The highest BCUT2D eigenvalue weighted by molar-refractivity contribution is 5.79. The van der Waals surface area contributed by atoms with Crippen molar-refractivity contribution >= 4 is 5.78 Å². The predicted molar refractivity (Wildman–Crippen MR) is 64.0 cm³/mol. The summed E-state index contributed by atoms with van der Waals surface area (Å²) < 4.78 is 0. The molecule has 0 aromatic heterocycles. The Morgan fingerprint density at radius 3 is 2.69 bits per heavy atom. The molecule has 2 fully saturated rings. The normalized spacial score (nSPS) is 44.6. The first-order valence-electron chi connectivity index (χ1n) is 6.69. The Morgan fingerprint density at radius 2 is 2.06 bits per heavy atom. The van der Waals surface area contributed by atoms with Gasteiger partial charge in [-0.3, -0.25) is 4.79 Å². The van der Waals surface area contributed by atoms with E-state index in [0.29, 0.717) is 24.0 Å². The number of rotatable bonds is 1. The molecule has 1 N–H and O–H groups in total. The van der Waals surface area contributed by atoms with Gasteiger partial charge < -0.3 is 5.11 Å². The van der Waals surface area contributed by atoms with Crippen LogP contribution in [0.2, 0.25) is 0 Å². The van der Waals surface area contributed by atoms with Crippen LogP contribution in [0, 0.1) is 23.7 Å². The van der Waals surface area contributed by atoms with E-state index < -0.39 is 5.60 Å². The van der Waals surface area contributed by atoms with Gasteiger partial charge in [-0.1, -0.05) is 20.8 Å². The summed E-state index contributed by atoms with van der Waals surface area (Å²) in [6, 6.07) is 0. The summed E-state index contributed by atoms with van der Waals surface area (Å²) in [5.74, 6) is 2.08. The lowest BCUT2D eigenvalue weighted by Crippen LogP contribution is -2.53. The SMILES string of the molecule is CC(C)[C@]1(O)CC[C@@H](C)[C@@H]2CCC(=O)C[C@@H]21. The van der Waals surface area contributed by atoms with E-state index in [2.05, 4.69) is 20.8 Å². The summed E-state index contributed by atoms with van der Waals surface area (Å²) in [4.78, 5) is 11.6. The van der Waals surface area contributed by atoms with E-state index in [1.165, 1.54) is 0 Å². The molecule has 16 heavy (non-hydrogen) atoms. The Labute approximate surface area is 98.4 Å². The van der Waals surface area contributed by atoms with Crippen LogP contribution >= 0.6 is 0 Å². The minimum Gasteiger partial charge on any atom is -0.389 e. The summed E-state index contributed by atoms with van der Waals surface area (Å²) in [7, 11) is 0. The third-order valence-corrected chi connectivity index (χ3v) is 5.09. The molecular weight excluding hydrogens is 200 g/mol. The number of ketones is 1. The lowest BCUT2D eigenvalue weighted by Gasteiger charge is -2.51. The Balaban J connectivity index is 2.25. The monoisotopic (exact) mass is 224 g/mol. The number of aliphatic hydroxyl groups is 1. The first-order valence-corrected chi connectivity index (χ1v) is 6.69. The standard InChI is InChI=1S/C14H24O2/c1-9(2)14(16)7-6-10(3)12-5-4-11(15)8-13(12)14/h9-10,12-13,16H,4-8H2,1-3H3/t10-,12+,13+,14-/m1/s1. The van der Waals surface area contributed by atoms with Gasteiger partial charge in [-0.05, 0) is 42.9 Å². The number of carbonyl (C=O) groups excluding carboxylic acids is 1. The van der Waals surface area contributed by atoms with Gasteiger partial charge in [0.25, 0.3) is 0 Å². The average molecular weight is 224 g/mol. The number of hydrogen-bond donors (Lipinski definition) is 1. The topological polar surface area (TPSA) is 37.3 Å². The summed E-state index contributed by atoms with van der Waals surface area (Å²) in [5.41, 5.74) is -0.590. The second kappa shape index (κ2) is 4.14. The van der Waals surface area contributed by atoms with Crippen molar-refractivity contribution in [1.29, 1.82) is 0 Å². The molecule has 4 atom stereocenters. The van der Waals surface area contributed by atoms with E-state index in [0.717, 1.165) is 25.7 Å². The van der Waals surface area contributed by atoms with Crippen molar-refractivity contribution in [2.24, 2.45) is 23.7 Å². The van der Waals surface area contributed by atoms with Gasteiger partial charge >= 0.3 is 0 Å². The van der Waals surface area contributed by atoms with E-state index in [-0.39, 0.29) is 11.8 Å². The molecule has 0 unspecified atom stereocenters. The van der Waals surface area contributed by atoms with Crippen LogP contribution in [-0.4, -0.2) is 16.5 Å². The molecule has 0 heterocycles. The van der Waals surface area contributed by atoms with Crippen molar-refractivity contribution in [3.8, 4) is 0 Å². The van der Waals surface area contributed by atoms with Crippen LogP contribution < -0.4 is 0 Å².